The van der Waals surface area contributed by atoms with E-state index < -0.39 is 6.10 Å². The lowest BCUT2D eigenvalue weighted by atomic mass is 9.88. The third-order valence-electron chi connectivity index (χ3n) is 8.59. The zero-order valence-electron chi connectivity index (χ0n) is 21.7. The van der Waals surface area contributed by atoms with E-state index in [0.29, 0.717) is 19.0 Å². The number of piperidine rings is 1. The van der Waals surface area contributed by atoms with Crippen LogP contribution in [0.4, 0.5) is 0 Å². The van der Waals surface area contributed by atoms with Crippen molar-refractivity contribution in [2.75, 3.05) is 32.7 Å². The molecule has 0 spiro atoms. The van der Waals surface area contributed by atoms with Gasteiger partial charge in [-0.25, -0.2) is 0 Å². The first-order chi connectivity index (χ1) is 17.7. The highest BCUT2D eigenvalue weighted by Crippen LogP contribution is 2.35. The number of hydrogen-bond donors (Lipinski definition) is 2. The first-order valence-electron chi connectivity index (χ1n) is 14.2. The number of benzene rings is 1. The molecule has 0 radical (unpaired) electrons. The Morgan fingerprint density at radius 3 is 2.56 bits per heavy atom. The lowest BCUT2D eigenvalue weighted by molar-refractivity contribution is -0.128. The predicted octanol–water partition coefficient (Wildman–Crippen LogP) is 4.66. The molecule has 5 rings (SSSR count). The van der Waals surface area contributed by atoms with Gasteiger partial charge in [0, 0.05) is 49.6 Å². The summed E-state index contributed by atoms with van der Waals surface area (Å²) < 4.78 is 0. The van der Waals surface area contributed by atoms with Gasteiger partial charge < -0.3 is 20.2 Å². The van der Waals surface area contributed by atoms with E-state index in [4.69, 9.17) is 0 Å². The zero-order valence-corrected chi connectivity index (χ0v) is 21.7. The number of nitrogens with zero attached hydrogens (tertiary/aromatic N) is 2. The number of carbonyl (C=O) groups is 1. The summed E-state index contributed by atoms with van der Waals surface area (Å²) in [6.45, 7) is 3.98. The molecular formula is C31H43N3O2. The van der Waals surface area contributed by atoms with Crippen LogP contribution in [0.3, 0.4) is 0 Å². The van der Waals surface area contributed by atoms with Crippen LogP contribution in [0.2, 0.25) is 0 Å². The van der Waals surface area contributed by atoms with Crippen LogP contribution in [0, 0.1) is 17.8 Å². The van der Waals surface area contributed by atoms with Gasteiger partial charge in [0.15, 0.2) is 0 Å². The summed E-state index contributed by atoms with van der Waals surface area (Å²) in [7, 11) is 0. The number of carbonyl (C=O) groups excluding carboxylic acids is 1. The Bertz CT molecular complexity index is 955. The molecule has 2 fully saturated rings. The van der Waals surface area contributed by atoms with E-state index in [2.05, 4.69) is 63.8 Å². The number of fused-ring (bicyclic) bond motifs is 1. The maximum Gasteiger partial charge on any atom is 0.249 e. The van der Waals surface area contributed by atoms with Crippen molar-refractivity contribution in [2.24, 2.45) is 17.8 Å². The van der Waals surface area contributed by atoms with Gasteiger partial charge in [0.1, 0.15) is 0 Å². The number of allylic oxidation sites excluding steroid dienone is 3. The summed E-state index contributed by atoms with van der Waals surface area (Å²) in [6, 6.07) is 10.7. The molecule has 0 bridgehead atoms. The molecule has 36 heavy (non-hydrogen) atoms. The van der Waals surface area contributed by atoms with Crippen LogP contribution < -0.4 is 5.32 Å². The standard InChI is InChI=1S/C31H43N3O2/c35-29(22-32-21-26-9-5-2-6-10-26)23-34-18-15-27-20-28(11-12-30(27)34)31(36)33-16-13-25(14-17-33)19-24-7-3-1-4-8-24/h1,3-4,7-8,11-12,15,18,25-27,29,32,35H,2,5-6,9-10,13-14,16-17,19-23H2. The van der Waals surface area contributed by atoms with Crippen molar-refractivity contribution in [3.63, 3.8) is 0 Å². The van der Waals surface area contributed by atoms with Crippen molar-refractivity contribution in [3.8, 4) is 0 Å². The Balaban J connectivity index is 1.07. The molecule has 2 unspecified atom stereocenters. The van der Waals surface area contributed by atoms with E-state index in [-0.39, 0.29) is 11.8 Å². The highest BCUT2D eigenvalue weighted by Gasteiger charge is 2.31. The maximum absolute atomic E-state index is 13.3. The molecule has 1 aromatic carbocycles. The molecule has 1 saturated heterocycles. The first-order valence-corrected chi connectivity index (χ1v) is 14.2. The average Bonchev–Trinajstić information content (AvgIpc) is 3.31. The van der Waals surface area contributed by atoms with Gasteiger partial charge in [-0.05, 0) is 68.5 Å². The number of β-amino-alcohol motifs (C(OH)–C–C–N with tert-alkyl or cyclic N) is 1. The molecule has 1 saturated carbocycles. The highest BCUT2D eigenvalue weighted by atomic mass is 16.3. The van der Waals surface area contributed by atoms with Crippen LogP contribution in [-0.4, -0.2) is 59.6 Å². The fourth-order valence-electron chi connectivity index (χ4n) is 6.44. The van der Waals surface area contributed by atoms with Crippen LogP contribution in [-0.2, 0) is 11.2 Å². The third-order valence-corrected chi connectivity index (χ3v) is 8.59. The van der Waals surface area contributed by atoms with Gasteiger partial charge in [-0.2, -0.15) is 0 Å². The van der Waals surface area contributed by atoms with Gasteiger partial charge in [0.2, 0.25) is 5.91 Å². The molecule has 1 amide bonds. The smallest absolute Gasteiger partial charge is 0.249 e. The molecule has 194 valence electrons. The number of rotatable bonds is 9. The van der Waals surface area contributed by atoms with Crippen LogP contribution in [0.1, 0.15) is 56.9 Å². The number of nitrogens with one attached hydrogen (secondary N) is 1. The summed E-state index contributed by atoms with van der Waals surface area (Å²) in [6.07, 6.45) is 18.8. The Kier molecular flexibility index (Phi) is 8.60. The second-order valence-electron chi connectivity index (χ2n) is 11.3. The van der Waals surface area contributed by atoms with Crippen LogP contribution in [0.25, 0.3) is 0 Å². The molecular weight excluding hydrogens is 446 g/mol. The van der Waals surface area contributed by atoms with Gasteiger partial charge in [-0.15, -0.1) is 0 Å². The van der Waals surface area contributed by atoms with Crippen molar-refractivity contribution in [3.05, 3.63) is 71.6 Å². The minimum absolute atomic E-state index is 0.210. The summed E-state index contributed by atoms with van der Waals surface area (Å²) in [5, 5.41) is 14.1. The Morgan fingerprint density at radius 1 is 1.00 bits per heavy atom. The second kappa shape index (κ2) is 12.2. The van der Waals surface area contributed by atoms with Crippen molar-refractivity contribution >= 4 is 5.91 Å². The molecule has 4 aliphatic rings. The number of amides is 1. The summed E-state index contributed by atoms with van der Waals surface area (Å²) in [5.74, 6) is 1.89. The topological polar surface area (TPSA) is 55.8 Å². The number of hydrogen-bond acceptors (Lipinski definition) is 4. The Morgan fingerprint density at radius 2 is 1.78 bits per heavy atom. The average molecular weight is 490 g/mol. The van der Waals surface area contributed by atoms with E-state index in [1.165, 1.54) is 43.4 Å². The zero-order chi connectivity index (χ0) is 24.7. The highest BCUT2D eigenvalue weighted by molar-refractivity contribution is 5.94. The molecule has 1 aromatic rings. The molecule has 0 aromatic heterocycles. The molecule has 2 heterocycles. The van der Waals surface area contributed by atoms with Gasteiger partial charge in [-0.3, -0.25) is 4.79 Å². The van der Waals surface area contributed by atoms with Gasteiger partial charge >= 0.3 is 0 Å². The van der Waals surface area contributed by atoms with Gasteiger partial charge in [0.05, 0.1) is 6.10 Å². The van der Waals surface area contributed by atoms with E-state index >= 15 is 0 Å². The maximum atomic E-state index is 13.3. The largest absolute Gasteiger partial charge is 0.390 e. The Hall–Kier alpha value is -2.37. The molecule has 5 heteroatoms. The minimum Gasteiger partial charge on any atom is -0.390 e. The number of aliphatic hydroxyl groups is 1. The monoisotopic (exact) mass is 489 g/mol. The van der Waals surface area contributed by atoms with Crippen LogP contribution in [0.15, 0.2) is 66.0 Å². The number of aliphatic hydroxyl groups excluding tert-OH is 1. The molecule has 5 nitrogen and oxygen atoms in total. The van der Waals surface area contributed by atoms with Crippen molar-refractivity contribution in [1.29, 1.82) is 0 Å². The minimum atomic E-state index is -0.401. The van der Waals surface area contributed by atoms with Crippen LogP contribution in [0.5, 0.6) is 0 Å². The Labute approximate surface area is 216 Å². The van der Waals surface area contributed by atoms with E-state index in [9.17, 15) is 9.90 Å². The lowest BCUT2D eigenvalue weighted by Gasteiger charge is -2.34. The lowest BCUT2D eigenvalue weighted by Crippen LogP contribution is -2.40. The van der Waals surface area contributed by atoms with Crippen LogP contribution >= 0.6 is 0 Å². The van der Waals surface area contributed by atoms with Crippen molar-refractivity contribution < 1.29 is 9.90 Å². The van der Waals surface area contributed by atoms with Gasteiger partial charge in [0.25, 0.3) is 0 Å². The summed E-state index contributed by atoms with van der Waals surface area (Å²) in [5.41, 5.74) is 3.53. The number of likely N-dealkylation sites (tertiary alicyclic amines) is 1. The van der Waals surface area contributed by atoms with Crippen molar-refractivity contribution in [2.45, 2.75) is 63.9 Å². The van der Waals surface area contributed by atoms with Crippen molar-refractivity contribution in [1.82, 2.24) is 15.1 Å². The van der Waals surface area contributed by atoms with E-state index in [1.807, 2.05) is 6.08 Å². The fraction of sp³-hybridized carbons (Fsp3) is 0.581. The quantitative estimate of drug-likeness (QED) is 0.530. The molecule has 2 aliphatic carbocycles. The molecule has 2 aliphatic heterocycles. The predicted molar refractivity (Wildman–Crippen MR) is 145 cm³/mol. The third kappa shape index (κ3) is 6.49. The first kappa shape index (κ1) is 25.3. The van der Waals surface area contributed by atoms with E-state index in [1.54, 1.807) is 0 Å². The fourth-order valence-corrected chi connectivity index (χ4v) is 6.44. The van der Waals surface area contributed by atoms with Gasteiger partial charge in [-0.1, -0.05) is 61.7 Å². The molecule has 2 N–H and O–H groups in total. The molecule has 2 atom stereocenters. The second-order valence-corrected chi connectivity index (χ2v) is 11.3. The summed E-state index contributed by atoms with van der Waals surface area (Å²) >= 11 is 0. The van der Waals surface area contributed by atoms with E-state index in [0.717, 1.165) is 56.8 Å². The summed E-state index contributed by atoms with van der Waals surface area (Å²) in [4.78, 5) is 17.5. The SMILES string of the molecule is O=C(C1=CC=C2C(C=CN2CC(O)CNCC2CCCCC2)C1)N1CCC(Cc2ccccc2)CC1. The normalized spacial score (nSPS) is 23.9.